The van der Waals surface area contributed by atoms with E-state index in [-0.39, 0.29) is 18.4 Å². The Bertz CT molecular complexity index is 1030. The van der Waals surface area contributed by atoms with E-state index in [4.69, 9.17) is 9.47 Å². The van der Waals surface area contributed by atoms with E-state index in [2.05, 4.69) is 13.2 Å². The highest BCUT2D eigenvalue weighted by atomic mass is 16.6. The molecule has 4 rings (SSSR count). The molecule has 0 radical (unpaired) electrons. The lowest BCUT2D eigenvalue weighted by Crippen LogP contribution is -2.59. The molecule has 0 N–H and O–H groups in total. The van der Waals surface area contributed by atoms with Crippen molar-refractivity contribution in [1.82, 2.24) is 9.80 Å². The van der Waals surface area contributed by atoms with Crippen LogP contribution in [0.1, 0.15) is 26.3 Å². The Hall–Kier alpha value is -3.19. The minimum absolute atomic E-state index is 0.0508. The van der Waals surface area contributed by atoms with Crippen LogP contribution in [0, 0.1) is 11.8 Å². The maximum Gasteiger partial charge on any atom is 0.313 e. The van der Waals surface area contributed by atoms with Crippen molar-refractivity contribution in [3.05, 3.63) is 73.4 Å². The minimum Gasteiger partial charge on any atom is -0.461 e. The van der Waals surface area contributed by atoms with Crippen molar-refractivity contribution in [3.63, 3.8) is 0 Å². The first-order chi connectivity index (χ1) is 16.2. The molecule has 3 heterocycles. The third kappa shape index (κ3) is 3.78. The third-order valence-corrected chi connectivity index (χ3v) is 6.72. The van der Waals surface area contributed by atoms with E-state index < -0.39 is 41.1 Å². The first-order valence-corrected chi connectivity index (χ1v) is 11.6. The summed E-state index contributed by atoms with van der Waals surface area (Å²) >= 11 is 0. The molecule has 34 heavy (non-hydrogen) atoms. The smallest absolute Gasteiger partial charge is 0.313 e. The Morgan fingerprint density at radius 1 is 1.21 bits per heavy atom. The maximum atomic E-state index is 14.2. The number of likely N-dealkylation sites (tertiary alicyclic amines) is 1. The van der Waals surface area contributed by atoms with Crippen molar-refractivity contribution < 1.29 is 23.9 Å². The van der Waals surface area contributed by atoms with Gasteiger partial charge in [-0.1, -0.05) is 61.2 Å². The second-order valence-electron chi connectivity index (χ2n) is 9.99. The summed E-state index contributed by atoms with van der Waals surface area (Å²) in [5.41, 5.74) is -0.926. The van der Waals surface area contributed by atoms with Gasteiger partial charge in [-0.2, -0.15) is 0 Å². The van der Waals surface area contributed by atoms with Gasteiger partial charge in [0.15, 0.2) is 0 Å². The number of esters is 1. The fraction of sp³-hybridized carbons (Fsp3) is 0.444. The average molecular weight is 465 g/mol. The van der Waals surface area contributed by atoms with Crippen LogP contribution < -0.4 is 0 Å². The molecular weight excluding hydrogens is 432 g/mol. The number of carbonyl (C=O) groups is 3. The third-order valence-electron chi connectivity index (χ3n) is 6.72. The largest absolute Gasteiger partial charge is 0.461 e. The van der Waals surface area contributed by atoms with Crippen LogP contribution in [0.4, 0.5) is 0 Å². The summed E-state index contributed by atoms with van der Waals surface area (Å²) in [6.45, 7) is 13.8. The van der Waals surface area contributed by atoms with Crippen molar-refractivity contribution in [2.45, 2.75) is 50.6 Å². The lowest BCUT2D eigenvalue weighted by Gasteiger charge is -2.41. The molecule has 180 valence electrons. The zero-order valence-electron chi connectivity index (χ0n) is 20.0. The van der Waals surface area contributed by atoms with Crippen molar-refractivity contribution >= 4 is 17.8 Å². The highest BCUT2D eigenvalue weighted by Crippen LogP contribution is 2.56. The number of amides is 2. The summed E-state index contributed by atoms with van der Waals surface area (Å²) in [6.07, 6.45) is 6.14. The van der Waals surface area contributed by atoms with E-state index in [1.54, 1.807) is 28.0 Å². The molecule has 0 aliphatic carbocycles. The zero-order chi connectivity index (χ0) is 24.7. The van der Waals surface area contributed by atoms with Gasteiger partial charge in [-0.15, -0.1) is 6.58 Å². The quantitative estimate of drug-likeness (QED) is 0.437. The van der Waals surface area contributed by atoms with Crippen LogP contribution >= 0.6 is 0 Å². The fourth-order valence-corrected chi connectivity index (χ4v) is 5.44. The van der Waals surface area contributed by atoms with Gasteiger partial charge in [-0.3, -0.25) is 14.4 Å². The van der Waals surface area contributed by atoms with Gasteiger partial charge in [0.2, 0.25) is 11.8 Å². The van der Waals surface area contributed by atoms with Gasteiger partial charge in [-0.25, -0.2) is 0 Å². The van der Waals surface area contributed by atoms with Crippen LogP contribution in [0.2, 0.25) is 0 Å². The molecule has 2 bridgehead atoms. The molecule has 1 aromatic carbocycles. The first kappa shape index (κ1) is 24.0. The van der Waals surface area contributed by atoms with Crippen molar-refractivity contribution in [2.24, 2.45) is 11.8 Å². The van der Waals surface area contributed by atoms with E-state index in [0.29, 0.717) is 13.1 Å². The normalized spacial score (nSPS) is 29.1. The number of nitrogens with zero attached hydrogens (tertiary/aromatic N) is 2. The Morgan fingerprint density at radius 3 is 2.53 bits per heavy atom. The van der Waals surface area contributed by atoms with Crippen LogP contribution in [0.3, 0.4) is 0 Å². The standard InChI is InChI=1S/C27H32N2O5/c1-6-15-28(17-18-11-9-8-10-12-18)24(31)22-27-14-13-19(34-27)20(25(32)33-16-7-2)21(27)23(30)29(22)26(3,4)5/h6-14,19-22H,1-2,15-17H2,3-5H3/t19-,20+,21+,22-,27+/m0/s1. The summed E-state index contributed by atoms with van der Waals surface area (Å²) in [4.78, 5) is 44.2. The summed E-state index contributed by atoms with van der Waals surface area (Å²) < 4.78 is 11.6. The molecular formula is C27H32N2O5. The summed E-state index contributed by atoms with van der Waals surface area (Å²) in [5.74, 6) is -2.64. The minimum atomic E-state index is -1.22. The summed E-state index contributed by atoms with van der Waals surface area (Å²) in [7, 11) is 0. The van der Waals surface area contributed by atoms with E-state index in [1.165, 1.54) is 6.08 Å². The lowest BCUT2D eigenvalue weighted by atomic mass is 9.74. The number of hydrogen-bond donors (Lipinski definition) is 0. The predicted octanol–water partition coefficient (Wildman–Crippen LogP) is 2.88. The van der Waals surface area contributed by atoms with Crippen LogP contribution in [0.25, 0.3) is 0 Å². The Kier molecular flexibility index (Phi) is 6.25. The zero-order valence-corrected chi connectivity index (χ0v) is 20.0. The van der Waals surface area contributed by atoms with Gasteiger partial charge in [0, 0.05) is 18.6 Å². The molecule has 7 heteroatoms. The molecule has 0 unspecified atom stereocenters. The van der Waals surface area contributed by atoms with E-state index in [1.807, 2.05) is 51.1 Å². The van der Waals surface area contributed by atoms with Gasteiger partial charge in [0.1, 0.15) is 24.2 Å². The molecule has 0 aromatic heterocycles. The molecule has 7 nitrogen and oxygen atoms in total. The number of fused-ring (bicyclic) bond motifs is 1. The molecule has 5 atom stereocenters. The second kappa shape index (κ2) is 8.87. The molecule has 3 aliphatic rings. The summed E-state index contributed by atoms with van der Waals surface area (Å²) in [6, 6.07) is 8.76. The Labute approximate surface area is 200 Å². The number of carbonyl (C=O) groups excluding carboxylic acids is 3. The Morgan fingerprint density at radius 2 is 1.91 bits per heavy atom. The van der Waals surface area contributed by atoms with Crippen LogP contribution in [0.15, 0.2) is 67.8 Å². The number of benzene rings is 1. The van der Waals surface area contributed by atoms with Crippen LogP contribution in [0.5, 0.6) is 0 Å². The highest BCUT2D eigenvalue weighted by molar-refractivity contribution is 5.99. The molecule has 2 fully saturated rings. The molecule has 2 saturated heterocycles. The molecule has 2 amide bonds. The van der Waals surface area contributed by atoms with E-state index in [9.17, 15) is 14.4 Å². The maximum absolute atomic E-state index is 14.2. The molecule has 1 aromatic rings. The molecule has 3 aliphatic heterocycles. The van der Waals surface area contributed by atoms with Gasteiger partial charge < -0.3 is 19.3 Å². The number of rotatable bonds is 8. The molecule has 0 saturated carbocycles. The van der Waals surface area contributed by atoms with Crippen LogP contribution in [-0.4, -0.2) is 64.0 Å². The second-order valence-corrected chi connectivity index (χ2v) is 9.99. The SMILES string of the molecule is C=CCOC(=O)[C@@H]1[C@@H]2C=C[C@]3(O2)[C@H](C(=O)N(CC=C)Cc2ccccc2)N(C(C)(C)C)C(=O)[C@@H]13. The fourth-order valence-electron chi connectivity index (χ4n) is 5.44. The van der Waals surface area contributed by atoms with E-state index in [0.717, 1.165) is 5.56 Å². The van der Waals surface area contributed by atoms with Crippen molar-refractivity contribution in [3.8, 4) is 0 Å². The number of ether oxygens (including phenoxy) is 2. The topological polar surface area (TPSA) is 76.2 Å². The van der Waals surface area contributed by atoms with Gasteiger partial charge in [0.05, 0.1) is 12.0 Å². The number of hydrogen-bond acceptors (Lipinski definition) is 5. The summed E-state index contributed by atoms with van der Waals surface area (Å²) in [5, 5.41) is 0. The van der Waals surface area contributed by atoms with Crippen molar-refractivity contribution in [1.29, 1.82) is 0 Å². The van der Waals surface area contributed by atoms with Crippen molar-refractivity contribution in [2.75, 3.05) is 13.2 Å². The van der Waals surface area contributed by atoms with Gasteiger partial charge in [-0.05, 0) is 26.3 Å². The van der Waals surface area contributed by atoms with Gasteiger partial charge >= 0.3 is 5.97 Å². The Balaban J connectivity index is 1.74. The predicted molar refractivity (Wildman–Crippen MR) is 127 cm³/mol. The monoisotopic (exact) mass is 464 g/mol. The van der Waals surface area contributed by atoms with Gasteiger partial charge in [0.25, 0.3) is 0 Å². The molecule has 1 spiro atoms. The van der Waals surface area contributed by atoms with E-state index >= 15 is 0 Å². The lowest BCUT2D eigenvalue weighted by molar-refractivity contribution is -0.156. The first-order valence-electron chi connectivity index (χ1n) is 11.6. The van der Waals surface area contributed by atoms with Crippen LogP contribution in [-0.2, 0) is 30.4 Å². The highest BCUT2D eigenvalue weighted by Gasteiger charge is 2.74. The average Bonchev–Trinajstić information content (AvgIpc) is 3.44.